The Kier molecular flexibility index (Phi) is 3.87. The molecule has 0 fully saturated rings. The van der Waals surface area contributed by atoms with E-state index in [1.165, 1.54) is 11.3 Å². The van der Waals surface area contributed by atoms with Gasteiger partial charge in [0.25, 0.3) is 5.91 Å². The number of nitrogen functional groups attached to an aromatic ring is 1. The summed E-state index contributed by atoms with van der Waals surface area (Å²) < 4.78 is 1.09. The molecule has 0 spiro atoms. The van der Waals surface area contributed by atoms with Gasteiger partial charge in [-0.3, -0.25) is 4.79 Å². The van der Waals surface area contributed by atoms with E-state index in [-0.39, 0.29) is 11.9 Å². The lowest BCUT2D eigenvalue weighted by molar-refractivity contribution is 0.0942. The van der Waals surface area contributed by atoms with Crippen molar-refractivity contribution >= 4 is 33.0 Å². The molecule has 1 heterocycles. The number of hydrogen-bond donors (Lipinski definition) is 2. The van der Waals surface area contributed by atoms with E-state index in [9.17, 15) is 4.79 Å². The van der Waals surface area contributed by atoms with Gasteiger partial charge in [0, 0.05) is 16.4 Å². The molecule has 1 amide bonds. The van der Waals surface area contributed by atoms with E-state index in [1.807, 2.05) is 31.2 Å². The summed E-state index contributed by atoms with van der Waals surface area (Å²) in [5, 5.41) is 4.05. The monoisotopic (exact) mass is 262 g/mol. The van der Waals surface area contributed by atoms with Gasteiger partial charge in [-0.25, -0.2) is 0 Å². The van der Waals surface area contributed by atoms with Gasteiger partial charge in [0.2, 0.25) is 0 Å². The van der Waals surface area contributed by atoms with Gasteiger partial charge < -0.3 is 11.1 Å². The predicted octanol–water partition coefficient (Wildman–Crippen LogP) is 3.40. The van der Waals surface area contributed by atoms with Crippen LogP contribution in [0.4, 0.5) is 5.69 Å². The lowest BCUT2D eigenvalue weighted by Gasteiger charge is -2.11. The fraction of sp³-hybridized carbons (Fsp3) is 0.357. The quantitative estimate of drug-likeness (QED) is 0.830. The molecule has 3 nitrogen and oxygen atoms in total. The Balaban J connectivity index is 2.18. The zero-order valence-corrected chi connectivity index (χ0v) is 11.5. The Hall–Kier alpha value is -1.55. The summed E-state index contributed by atoms with van der Waals surface area (Å²) in [5.41, 5.74) is 6.46. The smallest absolute Gasteiger partial charge is 0.261 e. The van der Waals surface area contributed by atoms with Gasteiger partial charge in [0.15, 0.2) is 0 Å². The SMILES string of the molecule is CCCC(C)NC(=O)c1cc2cc(N)ccc2s1. The Bertz CT molecular complexity index is 562. The minimum atomic E-state index is 0.00993. The van der Waals surface area contributed by atoms with Crippen LogP contribution in [0, 0.1) is 0 Å². The number of benzene rings is 1. The van der Waals surface area contributed by atoms with Crippen molar-refractivity contribution in [1.29, 1.82) is 0 Å². The molecule has 1 atom stereocenters. The molecule has 4 heteroatoms. The normalized spacial score (nSPS) is 12.6. The van der Waals surface area contributed by atoms with Crippen LogP contribution in [-0.2, 0) is 0 Å². The summed E-state index contributed by atoms with van der Waals surface area (Å²) in [6.45, 7) is 4.15. The van der Waals surface area contributed by atoms with Crippen LogP contribution < -0.4 is 11.1 Å². The van der Waals surface area contributed by atoms with E-state index in [2.05, 4.69) is 12.2 Å². The number of amides is 1. The molecule has 0 radical (unpaired) electrons. The number of nitrogens with one attached hydrogen (secondary N) is 1. The van der Waals surface area contributed by atoms with Crippen molar-refractivity contribution in [1.82, 2.24) is 5.32 Å². The molecule has 1 aromatic carbocycles. The van der Waals surface area contributed by atoms with Crippen molar-refractivity contribution in [2.24, 2.45) is 0 Å². The maximum atomic E-state index is 12.1. The van der Waals surface area contributed by atoms with Gasteiger partial charge in [-0.05, 0) is 43.0 Å². The van der Waals surface area contributed by atoms with Crippen molar-refractivity contribution in [3.05, 3.63) is 29.1 Å². The minimum absolute atomic E-state index is 0.00993. The molecule has 0 bridgehead atoms. The highest BCUT2D eigenvalue weighted by Gasteiger charge is 2.12. The molecule has 1 aromatic heterocycles. The maximum Gasteiger partial charge on any atom is 0.261 e. The zero-order chi connectivity index (χ0) is 13.1. The van der Waals surface area contributed by atoms with Gasteiger partial charge in [-0.2, -0.15) is 0 Å². The van der Waals surface area contributed by atoms with Crippen LogP contribution in [0.3, 0.4) is 0 Å². The number of rotatable bonds is 4. The largest absolute Gasteiger partial charge is 0.399 e. The van der Waals surface area contributed by atoms with Crippen LogP contribution in [0.1, 0.15) is 36.4 Å². The number of anilines is 1. The second-order valence-electron chi connectivity index (χ2n) is 4.57. The number of hydrogen-bond acceptors (Lipinski definition) is 3. The Morgan fingerprint density at radius 3 is 2.94 bits per heavy atom. The molecule has 0 aliphatic rings. The highest BCUT2D eigenvalue weighted by molar-refractivity contribution is 7.20. The number of fused-ring (bicyclic) bond motifs is 1. The van der Waals surface area contributed by atoms with E-state index in [1.54, 1.807) is 0 Å². The van der Waals surface area contributed by atoms with Gasteiger partial charge in [-0.1, -0.05) is 13.3 Å². The molecule has 0 aliphatic carbocycles. The first kappa shape index (κ1) is 12.9. The molecular formula is C14H18N2OS. The van der Waals surface area contributed by atoms with Crippen LogP contribution >= 0.6 is 11.3 Å². The second-order valence-corrected chi connectivity index (χ2v) is 5.65. The van der Waals surface area contributed by atoms with Gasteiger partial charge in [0.1, 0.15) is 0 Å². The highest BCUT2D eigenvalue weighted by Crippen LogP contribution is 2.27. The standard InChI is InChI=1S/C14H18N2OS/c1-3-4-9(2)16-14(17)13-8-10-7-11(15)5-6-12(10)18-13/h5-9H,3-4,15H2,1-2H3,(H,16,17). The lowest BCUT2D eigenvalue weighted by atomic mass is 10.2. The van der Waals surface area contributed by atoms with E-state index in [0.717, 1.165) is 33.5 Å². The Labute approximate surface area is 111 Å². The molecule has 0 saturated heterocycles. The van der Waals surface area contributed by atoms with Gasteiger partial charge in [0.05, 0.1) is 4.88 Å². The maximum absolute atomic E-state index is 12.1. The Morgan fingerprint density at radius 2 is 2.22 bits per heavy atom. The third-order valence-electron chi connectivity index (χ3n) is 2.86. The van der Waals surface area contributed by atoms with E-state index < -0.39 is 0 Å². The van der Waals surface area contributed by atoms with Crippen molar-refractivity contribution in [3.63, 3.8) is 0 Å². The van der Waals surface area contributed by atoms with E-state index in [4.69, 9.17) is 5.73 Å². The van der Waals surface area contributed by atoms with Crippen molar-refractivity contribution in [2.45, 2.75) is 32.7 Å². The fourth-order valence-corrected chi connectivity index (χ4v) is 2.92. The van der Waals surface area contributed by atoms with Crippen molar-refractivity contribution < 1.29 is 4.79 Å². The average Bonchev–Trinajstić information content (AvgIpc) is 2.72. The average molecular weight is 262 g/mol. The number of nitrogens with two attached hydrogens (primary N) is 1. The van der Waals surface area contributed by atoms with Gasteiger partial charge >= 0.3 is 0 Å². The molecule has 18 heavy (non-hydrogen) atoms. The zero-order valence-electron chi connectivity index (χ0n) is 10.7. The molecule has 2 aromatic rings. The number of thiophene rings is 1. The topological polar surface area (TPSA) is 55.1 Å². The molecule has 0 saturated carbocycles. The van der Waals surface area contributed by atoms with E-state index in [0.29, 0.717) is 0 Å². The highest BCUT2D eigenvalue weighted by atomic mass is 32.1. The summed E-state index contributed by atoms with van der Waals surface area (Å²) in [7, 11) is 0. The predicted molar refractivity (Wildman–Crippen MR) is 78.1 cm³/mol. The Morgan fingerprint density at radius 1 is 1.44 bits per heavy atom. The van der Waals surface area contributed by atoms with E-state index >= 15 is 0 Å². The first-order valence-corrected chi connectivity index (χ1v) is 7.01. The molecular weight excluding hydrogens is 244 g/mol. The molecule has 96 valence electrons. The third-order valence-corrected chi connectivity index (χ3v) is 3.98. The summed E-state index contributed by atoms with van der Waals surface area (Å²) in [5.74, 6) is 0.00993. The molecule has 0 aliphatic heterocycles. The fourth-order valence-electron chi connectivity index (χ4n) is 1.97. The van der Waals surface area contributed by atoms with Crippen LogP contribution in [0.2, 0.25) is 0 Å². The summed E-state index contributed by atoms with van der Waals surface area (Å²) >= 11 is 1.51. The summed E-state index contributed by atoms with van der Waals surface area (Å²) in [6.07, 6.45) is 2.08. The molecule has 2 rings (SSSR count). The summed E-state index contributed by atoms with van der Waals surface area (Å²) in [4.78, 5) is 12.8. The summed E-state index contributed by atoms with van der Waals surface area (Å²) in [6, 6.07) is 7.85. The molecule has 1 unspecified atom stereocenters. The van der Waals surface area contributed by atoms with Crippen LogP contribution in [-0.4, -0.2) is 11.9 Å². The number of carbonyl (C=O) groups is 1. The first-order chi connectivity index (χ1) is 8.60. The van der Waals surface area contributed by atoms with Crippen molar-refractivity contribution in [3.8, 4) is 0 Å². The van der Waals surface area contributed by atoms with Gasteiger partial charge in [-0.15, -0.1) is 11.3 Å². The van der Waals surface area contributed by atoms with Crippen LogP contribution in [0.25, 0.3) is 10.1 Å². The number of carbonyl (C=O) groups excluding carboxylic acids is 1. The second kappa shape index (κ2) is 5.40. The third kappa shape index (κ3) is 2.82. The lowest BCUT2D eigenvalue weighted by Crippen LogP contribution is -2.31. The minimum Gasteiger partial charge on any atom is -0.399 e. The van der Waals surface area contributed by atoms with Crippen LogP contribution in [0.15, 0.2) is 24.3 Å². The first-order valence-electron chi connectivity index (χ1n) is 6.20. The molecule has 3 N–H and O–H groups in total. The van der Waals surface area contributed by atoms with Crippen molar-refractivity contribution in [2.75, 3.05) is 5.73 Å². The van der Waals surface area contributed by atoms with Crippen LogP contribution in [0.5, 0.6) is 0 Å².